The van der Waals surface area contributed by atoms with Gasteiger partial charge in [-0.05, 0) is 49.2 Å². The minimum Gasteiger partial charge on any atom is -0.309 e. The maximum Gasteiger partial charge on any atom is 0.240 e. The van der Waals surface area contributed by atoms with Crippen LogP contribution >= 0.6 is 0 Å². The Morgan fingerprint density at radius 2 is 2.05 bits per heavy atom. The van der Waals surface area contributed by atoms with E-state index in [1.165, 1.54) is 5.56 Å². The molecule has 0 saturated carbocycles. The van der Waals surface area contributed by atoms with Gasteiger partial charge in [0.2, 0.25) is 10.0 Å². The first kappa shape index (κ1) is 15.0. The number of nitrogens with one attached hydrogen (secondary N) is 2. The third-order valence-electron chi connectivity index (χ3n) is 4.53. The summed E-state index contributed by atoms with van der Waals surface area (Å²) in [4.78, 5) is 2.63. The van der Waals surface area contributed by atoms with Crippen molar-refractivity contribution >= 4 is 10.0 Å². The molecule has 1 aromatic carbocycles. The first-order valence-corrected chi connectivity index (χ1v) is 8.97. The van der Waals surface area contributed by atoms with Crippen LogP contribution in [-0.4, -0.2) is 39.5 Å². The average molecular weight is 309 g/mol. The Balaban J connectivity index is 1.78. The van der Waals surface area contributed by atoms with Crippen LogP contribution in [0.3, 0.4) is 0 Å². The number of rotatable bonds is 3. The molecule has 2 aliphatic rings. The van der Waals surface area contributed by atoms with Gasteiger partial charge in [0.15, 0.2) is 0 Å². The van der Waals surface area contributed by atoms with Crippen LogP contribution in [0, 0.1) is 5.92 Å². The maximum atomic E-state index is 12.6. The third kappa shape index (κ3) is 3.13. The molecule has 0 aromatic heterocycles. The second-order valence-corrected chi connectivity index (χ2v) is 8.00. The quantitative estimate of drug-likeness (QED) is 0.871. The van der Waals surface area contributed by atoms with Crippen LogP contribution in [0.2, 0.25) is 0 Å². The van der Waals surface area contributed by atoms with Crippen LogP contribution < -0.4 is 10.0 Å². The summed E-state index contributed by atoms with van der Waals surface area (Å²) >= 11 is 0. The molecule has 5 nitrogen and oxygen atoms in total. The SMILES string of the molecule is CC1CN(C)CCC1NS(=O)(=O)c1ccc2c(c1)CNC2. The number of sulfonamides is 1. The second kappa shape index (κ2) is 5.68. The molecule has 2 heterocycles. The van der Waals surface area contributed by atoms with Crippen molar-refractivity contribution in [1.29, 1.82) is 0 Å². The number of hydrogen-bond donors (Lipinski definition) is 2. The van der Waals surface area contributed by atoms with Crippen LogP contribution in [0.15, 0.2) is 23.1 Å². The molecule has 1 aromatic rings. The van der Waals surface area contributed by atoms with E-state index < -0.39 is 10.0 Å². The molecule has 0 amide bonds. The van der Waals surface area contributed by atoms with Gasteiger partial charge in [-0.15, -0.1) is 0 Å². The van der Waals surface area contributed by atoms with Crippen LogP contribution in [-0.2, 0) is 23.1 Å². The Hall–Kier alpha value is -0.950. The van der Waals surface area contributed by atoms with Crippen LogP contribution in [0.25, 0.3) is 0 Å². The van der Waals surface area contributed by atoms with Crippen molar-refractivity contribution in [2.24, 2.45) is 5.92 Å². The Labute approximate surface area is 126 Å². The van der Waals surface area contributed by atoms with Gasteiger partial charge < -0.3 is 10.2 Å². The van der Waals surface area contributed by atoms with Gasteiger partial charge in [-0.2, -0.15) is 0 Å². The van der Waals surface area contributed by atoms with Gasteiger partial charge in [0.1, 0.15) is 0 Å². The van der Waals surface area contributed by atoms with Crippen molar-refractivity contribution in [1.82, 2.24) is 14.9 Å². The van der Waals surface area contributed by atoms with Gasteiger partial charge in [-0.3, -0.25) is 0 Å². The summed E-state index contributed by atoms with van der Waals surface area (Å²) in [6, 6.07) is 5.46. The number of nitrogens with zero attached hydrogens (tertiary/aromatic N) is 1. The lowest BCUT2D eigenvalue weighted by atomic mass is 9.95. The highest BCUT2D eigenvalue weighted by molar-refractivity contribution is 7.89. The second-order valence-electron chi connectivity index (χ2n) is 6.29. The van der Waals surface area contributed by atoms with E-state index in [0.29, 0.717) is 10.8 Å². The van der Waals surface area contributed by atoms with E-state index in [1.54, 1.807) is 12.1 Å². The number of fused-ring (bicyclic) bond motifs is 1. The molecule has 2 atom stereocenters. The van der Waals surface area contributed by atoms with E-state index in [9.17, 15) is 8.42 Å². The predicted molar refractivity (Wildman–Crippen MR) is 82.4 cm³/mol. The Morgan fingerprint density at radius 1 is 1.29 bits per heavy atom. The molecule has 0 spiro atoms. The van der Waals surface area contributed by atoms with Gasteiger partial charge in [0, 0.05) is 25.7 Å². The summed E-state index contributed by atoms with van der Waals surface area (Å²) < 4.78 is 28.1. The summed E-state index contributed by atoms with van der Waals surface area (Å²) in [6.07, 6.45) is 0.864. The van der Waals surface area contributed by atoms with Gasteiger partial charge in [-0.25, -0.2) is 13.1 Å². The normalized spacial score (nSPS) is 26.8. The summed E-state index contributed by atoms with van der Waals surface area (Å²) in [5, 5.41) is 3.24. The van der Waals surface area contributed by atoms with E-state index in [4.69, 9.17) is 0 Å². The Morgan fingerprint density at radius 3 is 2.81 bits per heavy atom. The third-order valence-corrected chi connectivity index (χ3v) is 6.02. The zero-order valence-electron chi connectivity index (χ0n) is 12.6. The number of hydrogen-bond acceptors (Lipinski definition) is 4. The highest BCUT2D eigenvalue weighted by Gasteiger charge is 2.29. The first-order chi connectivity index (χ1) is 9.95. The first-order valence-electron chi connectivity index (χ1n) is 7.49. The summed E-state index contributed by atoms with van der Waals surface area (Å²) in [5.41, 5.74) is 2.29. The minimum absolute atomic E-state index is 0.0255. The highest BCUT2D eigenvalue weighted by atomic mass is 32.2. The fourth-order valence-electron chi connectivity index (χ4n) is 3.23. The molecule has 21 heavy (non-hydrogen) atoms. The van der Waals surface area contributed by atoms with E-state index in [-0.39, 0.29) is 6.04 Å². The largest absolute Gasteiger partial charge is 0.309 e. The molecule has 116 valence electrons. The molecule has 6 heteroatoms. The summed E-state index contributed by atoms with van der Waals surface area (Å²) in [7, 11) is -1.35. The Bertz CT molecular complexity index is 630. The van der Waals surface area contributed by atoms with E-state index in [0.717, 1.165) is 38.2 Å². The molecule has 1 saturated heterocycles. The van der Waals surface area contributed by atoms with E-state index >= 15 is 0 Å². The maximum absolute atomic E-state index is 12.6. The summed E-state index contributed by atoms with van der Waals surface area (Å²) in [6.45, 7) is 5.56. The number of benzene rings is 1. The summed E-state index contributed by atoms with van der Waals surface area (Å²) in [5.74, 6) is 0.328. The predicted octanol–water partition coefficient (Wildman–Crippen LogP) is 0.908. The lowest BCUT2D eigenvalue weighted by Gasteiger charge is -2.34. The average Bonchev–Trinajstić information content (AvgIpc) is 2.89. The van der Waals surface area contributed by atoms with Crippen LogP contribution in [0.5, 0.6) is 0 Å². The monoisotopic (exact) mass is 309 g/mol. The topological polar surface area (TPSA) is 61.4 Å². The van der Waals surface area contributed by atoms with Crippen molar-refractivity contribution in [3.8, 4) is 0 Å². The molecule has 1 fully saturated rings. The standard InChI is InChI=1S/C15H23N3O2S/c1-11-10-18(2)6-5-15(11)17-21(19,20)14-4-3-12-8-16-9-13(12)7-14/h3-4,7,11,15-17H,5-6,8-10H2,1-2H3. The molecule has 0 aliphatic carbocycles. The van der Waals surface area contributed by atoms with Crippen LogP contribution in [0.1, 0.15) is 24.5 Å². The molecule has 2 N–H and O–H groups in total. The lowest BCUT2D eigenvalue weighted by molar-refractivity contribution is 0.188. The van der Waals surface area contributed by atoms with E-state index in [1.807, 2.05) is 6.07 Å². The van der Waals surface area contributed by atoms with Crippen molar-refractivity contribution in [3.63, 3.8) is 0 Å². The fraction of sp³-hybridized carbons (Fsp3) is 0.600. The zero-order valence-corrected chi connectivity index (χ0v) is 13.4. The molecular formula is C15H23N3O2S. The molecule has 2 unspecified atom stereocenters. The number of piperidine rings is 1. The van der Waals surface area contributed by atoms with Crippen molar-refractivity contribution in [3.05, 3.63) is 29.3 Å². The fourth-order valence-corrected chi connectivity index (χ4v) is 4.66. The Kier molecular flexibility index (Phi) is 4.05. The van der Waals surface area contributed by atoms with Crippen LogP contribution in [0.4, 0.5) is 0 Å². The van der Waals surface area contributed by atoms with Gasteiger partial charge in [-0.1, -0.05) is 13.0 Å². The van der Waals surface area contributed by atoms with Crippen molar-refractivity contribution in [2.75, 3.05) is 20.1 Å². The van der Waals surface area contributed by atoms with Gasteiger partial charge in [0.05, 0.1) is 4.90 Å². The zero-order chi connectivity index (χ0) is 15.0. The molecule has 2 aliphatic heterocycles. The molecular weight excluding hydrogens is 286 g/mol. The van der Waals surface area contributed by atoms with Gasteiger partial charge >= 0.3 is 0 Å². The van der Waals surface area contributed by atoms with Gasteiger partial charge in [0.25, 0.3) is 0 Å². The van der Waals surface area contributed by atoms with E-state index in [2.05, 4.69) is 28.9 Å². The minimum atomic E-state index is -3.43. The lowest BCUT2D eigenvalue weighted by Crippen LogP contribution is -2.48. The molecule has 0 radical (unpaired) electrons. The highest BCUT2D eigenvalue weighted by Crippen LogP contribution is 2.22. The number of likely N-dealkylation sites (tertiary alicyclic amines) is 1. The van der Waals surface area contributed by atoms with Crippen molar-refractivity contribution < 1.29 is 8.42 Å². The molecule has 0 bridgehead atoms. The smallest absolute Gasteiger partial charge is 0.240 e. The van der Waals surface area contributed by atoms with Crippen molar-refractivity contribution in [2.45, 2.75) is 37.4 Å². The molecule has 3 rings (SSSR count).